The minimum Gasteiger partial charge on any atom is -0.480 e. The Labute approximate surface area is 139 Å². The van der Waals surface area contributed by atoms with E-state index in [2.05, 4.69) is 16.2 Å². The van der Waals surface area contributed by atoms with E-state index in [0.29, 0.717) is 19.3 Å². The van der Waals surface area contributed by atoms with E-state index in [0.717, 1.165) is 17.1 Å². The van der Waals surface area contributed by atoms with Gasteiger partial charge in [-0.2, -0.15) is 11.8 Å². The summed E-state index contributed by atoms with van der Waals surface area (Å²) >= 11 is 1.73. The standard InChI is InChI=1S/C16H21N3O3S/c20-14(17-16(15(21)22)6-8-23-9-7-16)13-10-12(18-19-13)11-4-2-1-3-5-11/h1-5,12-13,18-19H,6-10H2,(H,17,20)(H,21,22). The summed E-state index contributed by atoms with van der Waals surface area (Å²) in [6, 6.07) is 9.52. The number of benzene rings is 1. The number of carboxylic acid groups (broad SMARTS) is 1. The van der Waals surface area contributed by atoms with Crippen molar-refractivity contribution in [2.75, 3.05) is 11.5 Å². The van der Waals surface area contributed by atoms with Crippen LogP contribution >= 0.6 is 11.8 Å². The molecule has 0 bridgehead atoms. The van der Waals surface area contributed by atoms with Crippen molar-refractivity contribution in [2.24, 2.45) is 0 Å². The van der Waals surface area contributed by atoms with Crippen LogP contribution in [-0.4, -0.2) is 40.1 Å². The first-order chi connectivity index (χ1) is 11.1. The zero-order valence-electron chi connectivity index (χ0n) is 12.7. The number of aliphatic carboxylic acids is 1. The van der Waals surface area contributed by atoms with E-state index < -0.39 is 17.6 Å². The Morgan fingerprint density at radius 1 is 1.17 bits per heavy atom. The summed E-state index contributed by atoms with van der Waals surface area (Å²) in [6.45, 7) is 0. The van der Waals surface area contributed by atoms with E-state index in [1.807, 2.05) is 30.3 Å². The predicted octanol–water partition coefficient (Wildman–Crippen LogP) is 1.06. The van der Waals surface area contributed by atoms with Crippen LogP contribution in [0, 0.1) is 0 Å². The van der Waals surface area contributed by atoms with E-state index >= 15 is 0 Å². The van der Waals surface area contributed by atoms with Gasteiger partial charge >= 0.3 is 5.97 Å². The quantitative estimate of drug-likeness (QED) is 0.658. The van der Waals surface area contributed by atoms with Crippen LogP contribution < -0.4 is 16.2 Å². The second-order valence-corrected chi connectivity index (χ2v) is 7.25. The second kappa shape index (κ2) is 6.90. The number of rotatable bonds is 4. The van der Waals surface area contributed by atoms with E-state index in [1.54, 1.807) is 11.8 Å². The van der Waals surface area contributed by atoms with Crippen molar-refractivity contribution in [1.82, 2.24) is 16.2 Å². The smallest absolute Gasteiger partial charge is 0.329 e. The molecule has 0 radical (unpaired) electrons. The van der Waals surface area contributed by atoms with Crippen LogP contribution in [-0.2, 0) is 9.59 Å². The molecule has 2 heterocycles. The summed E-state index contributed by atoms with van der Waals surface area (Å²) in [5, 5.41) is 12.3. The Morgan fingerprint density at radius 2 is 1.87 bits per heavy atom. The summed E-state index contributed by atoms with van der Waals surface area (Å²) in [7, 11) is 0. The van der Waals surface area contributed by atoms with Gasteiger partial charge in [-0.25, -0.2) is 15.6 Å². The van der Waals surface area contributed by atoms with E-state index in [1.165, 1.54) is 0 Å². The van der Waals surface area contributed by atoms with Crippen LogP contribution in [0.4, 0.5) is 0 Å². The number of hydrogen-bond donors (Lipinski definition) is 4. The molecule has 1 aromatic carbocycles. The van der Waals surface area contributed by atoms with Gasteiger partial charge in [0.1, 0.15) is 11.6 Å². The molecule has 2 atom stereocenters. The molecule has 0 aliphatic carbocycles. The van der Waals surface area contributed by atoms with Crippen LogP contribution in [0.15, 0.2) is 30.3 Å². The summed E-state index contributed by atoms with van der Waals surface area (Å²) in [6.07, 6.45) is 1.54. The fourth-order valence-electron chi connectivity index (χ4n) is 3.07. The van der Waals surface area contributed by atoms with Crippen LogP contribution in [0.25, 0.3) is 0 Å². The highest BCUT2D eigenvalue weighted by molar-refractivity contribution is 7.99. The average molecular weight is 335 g/mol. The number of hydrogen-bond acceptors (Lipinski definition) is 5. The fraction of sp³-hybridized carbons (Fsp3) is 0.500. The average Bonchev–Trinajstić information content (AvgIpc) is 3.06. The van der Waals surface area contributed by atoms with Crippen LogP contribution in [0.2, 0.25) is 0 Å². The van der Waals surface area contributed by atoms with Crippen LogP contribution in [0.5, 0.6) is 0 Å². The monoisotopic (exact) mass is 335 g/mol. The van der Waals surface area contributed by atoms with Crippen molar-refractivity contribution in [2.45, 2.75) is 36.9 Å². The molecule has 1 amide bonds. The maximum atomic E-state index is 12.5. The number of amides is 1. The van der Waals surface area contributed by atoms with Crippen molar-refractivity contribution in [3.8, 4) is 0 Å². The predicted molar refractivity (Wildman–Crippen MR) is 88.9 cm³/mol. The topological polar surface area (TPSA) is 90.5 Å². The first-order valence-electron chi connectivity index (χ1n) is 7.80. The Morgan fingerprint density at radius 3 is 2.52 bits per heavy atom. The lowest BCUT2D eigenvalue weighted by Gasteiger charge is -2.34. The zero-order chi connectivity index (χ0) is 16.3. The number of hydrazine groups is 1. The van der Waals surface area contributed by atoms with Crippen molar-refractivity contribution >= 4 is 23.6 Å². The van der Waals surface area contributed by atoms with Gasteiger partial charge in [0.25, 0.3) is 0 Å². The molecule has 0 spiro atoms. The van der Waals surface area contributed by atoms with Crippen molar-refractivity contribution in [3.05, 3.63) is 35.9 Å². The maximum absolute atomic E-state index is 12.5. The first kappa shape index (κ1) is 16.3. The van der Waals surface area contributed by atoms with Gasteiger partial charge < -0.3 is 10.4 Å². The molecule has 1 aromatic rings. The van der Waals surface area contributed by atoms with Gasteiger partial charge in [0, 0.05) is 6.04 Å². The Kier molecular flexibility index (Phi) is 4.89. The summed E-state index contributed by atoms with van der Waals surface area (Å²) in [5.74, 6) is 0.340. The van der Waals surface area contributed by atoms with E-state index in [9.17, 15) is 14.7 Å². The molecule has 2 aliphatic heterocycles. The molecule has 124 valence electrons. The SMILES string of the molecule is O=C(NC1(C(=O)O)CCSCC1)C1CC(c2ccccc2)NN1. The number of carbonyl (C=O) groups is 2. The lowest BCUT2D eigenvalue weighted by molar-refractivity contribution is -0.148. The lowest BCUT2D eigenvalue weighted by atomic mass is 9.91. The molecule has 3 rings (SSSR count). The first-order valence-corrected chi connectivity index (χ1v) is 8.95. The lowest BCUT2D eigenvalue weighted by Crippen LogP contribution is -2.60. The molecule has 2 fully saturated rings. The Balaban J connectivity index is 1.63. The molecule has 2 unspecified atom stereocenters. The molecule has 23 heavy (non-hydrogen) atoms. The highest BCUT2D eigenvalue weighted by Gasteiger charge is 2.43. The normalized spacial score (nSPS) is 26.6. The largest absolute Gasteiger partial charge is 0.480 e. The molecule has 0 aromatic heterocycles. The molecular weight excluding hydrogens is 314 g/mol. The maximum Gasteiger partial charge on any atom is 0.329 e. The van der Waals surface area contributed by atoms with Crippen molar-refractivity contribution in [1.29, 1.82) is 0 Å². The third-order valence-corrected chi connectivity index (χ3v) is 5.53. The van der Waals surface area contributed by atoms with Gasteiger partial charge in [0.15, 0.2) is 0 Å². The van der Waals surface area contributed by atoms with Gasteiger partial charge in [-0.05, 0) is 36.3 Å². The molecule has 0 saturated carbocycles. The third kappa shape index (κ3) is 3.52. The minimum atomic E-state index is -1.12. The number of nitrogens with one attached hydrogen (secondary N) is 3. The Bertz CT molecular complexity index is 575. The molecule has 2 aliphatic rings. The highest BCUT2D eigenvalue weighted by Crippen LogP contribution is 2.28. The number of carboxylic acids is 1. The zero-order valence-corrected chi connectivity index (χ0v) is 13.6. The van der Waals surface area contributed by atoms with Crippen molar-refractivity contribution < 1.29 is 14.7 Å². The van der Waals surface area contributed by atoms with Gasteiger partial charge in [-0.3, -0.25) is 4.79 Å². The van der Waals surface area contributed by atoms with E-state index in [-0.39, 0.29) is 11.9 Å². The minimum absolute atomic E-state index is 0.0506. The van der Waals surface area contributed by atoms with Gasteiger partial charge in [0.05, 0.1) is 0 Å². The third-order valence-electron chi connectivity index (χ3n) is 4.54. The highest BCUT2D eigenvalue weighted by atomic mass is 32.2. The van der Waals surface area contributed by atoms with E-state index in [4.69, 9.17) is 0 Å². The molecule has 7 heteroatoms. The van der Waals surface area contributed by atoms with Gasteiger partial charge in [-0.1, -0.05) is 30.3 Å². The molecule has 4 N–H and O–H groups in total. The van der Waals surface area contributed by atoms with Gasteiger partial charge in [-0.15, -0.1) is 0 Å². The molecule has 2 saturated heterocycles. The van der Waals surface area contributed by atoms with Crippen molar-refractivity contribution in [3.63, 3.8) is 0 Å². The Hall–Kier alpha value is -1.57. The summed E-state index contributed by atoms with van der Waals surface area (Å²) in [4.78, 5) is 24.2. The summed E-state index contributed by atoms with van der Waals surface area (Å²) in [5.41, 5.74) is 6.10. The number of thioether (sulfide) groups is 1. The van der Waals surface area contributed by atoms with Crippen LogP contribution in [0.3, 0.4) is 0 Å². The number of carbonyl (C=O) groups excluding carboxylic acids is 1. The fourth-order valence-corrected chi connectivity index (χ4v) is 4.26. The molecule has 6 nitrogen and oxygen atoms in total. The molecular formula is C16H21N3O3S. The van der Waals surface area contributed by atoms with Gasteiger partial charge in [0.2, 0.25) is 5.91 Å². The summed E-state index contributed by atoms with van der Waals surface area (Å²) < 4.78 is 0. The second-order valence-electron chi connectivity index (χ2n) is 6.03. The van der Waals surface area contributed by atoms with Crippen LogP contribution in [0.1, 0.15) is 30.9 Å².